The molecule has 2 aromatic heterocycles. The Hall–Kier alpha value is -1.84. The average molecular weight is 245 g/mol. The average Bonchev–Trinajstić information content (AvgIpc) is 2.37. The topological polar surface area (TPSA) is 37.6 Å². The predicted molar refractivity (Wildman–Crippen MR) is 74.3 cm³/mol. The molecule has 0 aliphatic carbocycles. The summed E-state index contributed by atoms with van der Waals surface area (Å²) in [4.78, 5) is 17.9. The minimum absolute atomic E-state index is 0.173. The van der Waals surface area contributed by atoms with Crippen LogP contribution in [0, 0.1) is 0 Å². The monoisotopic (exact) mass is 245 g/mol. The lowest BCUT2D eigenvalue weighted by Gasteiger charge is -2.24. The molecule has 0 atom stereocenters. The number of aromatic nitrogens is 2. The van der Waals surface area contributed by atoms with Crippen molar-refractivity contribution >= 4 is 11.5 Å². The fraction of sp³-hybridized carbons (Fsp3) is 0.429. The van der Waals surface area contributed by atoms with Crippen molar-refractivity contribution in [2.75, 3.05) is 18.0 Å². The first-order valence-corrected chi connectivity index (χ1v) is 6.49. The highest BCUT2D eigenvalue weighted by molar-refractivity contribution is 5.49. The molecule has 18 heavy (non-hydrogen) atoms. The van der Waals surface area contributed by atoms with Gasteiger partial charge in [-0.05, 0) is 25.0 Å². The molecular formula is C14H19N3O. The third-order valence-corrected chi connectivity index (χ3v) is 2.87. The number of hydrogen-bond donors (Lipinski definition) is 0. The summed E-state index contributed by atoms with van der Waals surface area (Å²) < 4.78 is 1.98. The predicted octanol–water partition coefficient (Wildman–Crippen LogP) is 2.32. The molecule has 0 N–H and O–H groups in total. The van der Waals surface area contributed by atoms with Crippen LogP contribution >= 0.6 is 0 Å². The van der Waals surface area contributed by atoms with Crippen molar-refractivity contribution in [3.05, 3.63) is 40.8 Å². The van der Waals surface area contributed by atoms with Crippen molar-refractivity contribution < 1.29 is 0 Å². The van der Waals surface area contributed by atoms with Crippen LogP contribution in [-0.2, 0) is 0 Å². The Morgan fingerprint density at radius 1 is 1.22 bits per heavy atom. The summed E-state index contributed by atoms with van der Waals surface area (Å²) in [6.45, 7) is 6.20. The van der Waals surface area contributed by atoms with E-state index in [1.165, 1.54) is 0 Å². The van der Waals surface area contributed by atoms with E-state index < -0.39 is 0 Å². The van der Waals surface area contributed by atoms with E-state index in [2.05, 4.69) is 23.7 Å². The summed E-state index contributed by atoms with van der Waals surface area (Å²) in [5, 5.41) is 0. The Balaban J connectivity index is 2.56. The lowest BCUT2D eigenvalue weighted by Crippen LogP contribution is -2.28. The lowest BCUT2D eigenvalue weighted by molar-refractivity contribution is 0.726. The Kier molecular flexibility index (Phi) is 3.97. The molecule has 4 nitrogen and oxygen atoms in total. The standard InChI is InChI=1S/C14H19N3O/c1-3-8-16(9-4-2)14-11-13(18)15-12-7-5-6-10-17(12)14/h5-7,10-11H,3-4,8-9H2,1-2H3. The van der Waals surface area contributed by atoms with Crippen LogP contribution in [0.25, 0.3) is 5.65 Å². The quantitative estimate of drug-likeness (QED) is 0.811. The molecule has 2 aromatic rings. The molecular weight excluding hydrogens is 226 g/mol. The second-order valence-electron chi connectivity index (χ2n) is 4.37. The van der Waals surface area contributed by atoms with Gasteiger partial charge in [0.05, 0.1) is 0 Å². The van der Waals surface area contributed by atoms with Crippen LogP contribution in [0.1, 0.15) is 26.7 Å². The van der Waals surface area contributed by atoms with Crippen LogP contribution in [0.15, 0.2) is 35.3 Å². The van der Waals surface area contributed by atoms with Gasteiger partial charge in [-0.1, -0.05) is 19.9 Å². The number of pyridine rings is 1. The van der Waals surface area contributed by atoms with Gasteiger partial charge in [0, 0.05) is 25.4 Å². The summed E-state index contributed by atoms with van der Waals surface area (Å²) in [6, 6.07) is 7.34. The fourth-order valence-corrected chi connectivity index (χ4v) is 2.17. The summed E-state index contributed by atoms with van der Waals surface area (Å²) in [6.07, 6.45) is 4.08. The van der Waals surface area contributed by atoms with E-state index in [9.17, 15) is 4.79 Å². The molecule has 0 aliphatic heterocycles. The van der Waals surface area contributed by atoms with Crippen LogP contribution in [0.3, 0.4) is 0 Å². The van der Waals surface area contributed by atoms with E-state index in [0.29, 0.717) is 5.65 Å². The van der Waals surface area contributed by atoms with Gasteiger partial charge in [0.1, 0.15) is 11.5 Å². The zero-order valence-electron chi connectivity index (χ0n) is 11.0. The van der Waals surface area contributed by atoms with E-state index in [-0.39, 0.29) is 5.56 Å². The number of hydrogen-bond acceptors (Lipinski definition) is 3. The molecule has 0 amide bonds. The number of nitrogens with zero attached hydrogens (tertiary/aromatic N) is 3. The molecule has 2 heterocycles. The van der Waals surface area contributed by atoms with Gasteiger partial charge in [-0.2, -0.15) is 4.98 Å². The van der Waals surface area contributed by atoms with Crippen molar-refractivity contribution in [3.8, 4) is 0 Å². The molecule has 96 valence electrons. The number of anilines is 1. The maximum atomic E-state index is 11.7. The number of rotatable bonds is 5. The van der Waals surface area contributed by atoms with Crippen LogP contribution in [0.2, 0.25) is 0 Å². The maximum absolute atomic E-state index is 11.7. The highest BCUT2D eigenvalue weighted by Crippen LogP contribution is 2.14. The summed E-state index contributed by atoms with van der Waals surface area (Å²) in [7, 11) is 0. The molecule has 0 aliphatic rings. The van der Waals surface area contributed by atoms with Crippen LogP contribution in [0.5, 0.6) is 0 Å². The van der Waals surface area contributed by atoms with Crippen molar-refractivity contribution in [2.24, 2.45) is 0 Å². The third-order valence-electron chi connectivity index (χ3n) is 2.87. The molecule has 0 spiro atoms. The van der Waals surface area contributed by atoms with Crippen molar-refractivity contribution in [1.82, 2.24) is 9.38 Å². The van der Waals surface area contributed by atoms with Gasteiger partial charge in [-0.25, -0.2) is 0 Å². The van der Waals surface area contributed by atoms with E-state index in [0.717, 1.165) is 31.7 Å². The first-order valence-electron chi connectivity index (χ1n) is 6.49. The second kappa shape index (κ2) is 5.67. The minimum Gasteiger partial charge on any atom is -0.358 e. The Labute approximate surface area is 107 Å². The van der Waals surface area contributed by atoms with Gasteiger partial charge in [0.2, 0.25) is 0 Å². The van der Waals surface area contributed by atoms with Crippen LogP contribution < -0.4 is 10.5 Å². The first-order chi connectivity index (χ1) is 8.76. The summed E-state index contributed by atoms with van der Waals surface area (Å²) in [5.74, 6) is 0.939. The molecule has 0 bridgehead atoms. The summed E-state index contributed by atoms with van der Waals surface area (Å²) >= 11 is 0. The normalized spacial score (nSPS) is 10.8. The molecule has 0 fully saturated rings. The molecule has 0 saturated heterocycles. The highest BCUT2D eigenvalue weighted by Gasteiger charge is 2.09. The zero-order valence-corrected chi connectivity index (χ0v) is 11.0. The van der Waals surface area contributed by atoms with E-state index >= 15 is 0 Å². The Morgan fingerprint density at radius 2 is 1.94 bits per heavy atom. The van der Waals surface area contributed by atoms with E-state index in [1.807, 2.05) is 28.8 Å². The van der Waals surface area contributed by atoms with E-state index in [1.54, 1.807) is 6.07 Å². The van der Waals surface area contributed by atoms with Crippen molar-refractivity contribution in [3.63, 3.8) is 0 Å². The third kappa shape index (κ3) is 2.53. The van der Waals surface area contributed by atoms with Gasteiger partial charge in [0.15, 0.2) is 0 Å². The largest absolute Gasteiger partial charge is 0.358 e. The number of fused-ring (bicyclic) bond motifs is 1. The van der Waals surface area contributed by atoms with Crippen LogP contribution in [0.4, 0.5) is 5.82 Å². The van der Waals surface area contributed by atoms with E-state index in [4.69, 9.17) is 0 Å². The maximum Gasteiger partial charge on any atom is 0.275 e. The summed E-state index contributed by atoms with van der Waals surface area (Å²) in [5.41, 5.74) is 0.533. The molecule has 0 radical (unpaired) electrons. The zero-order chi connectivity index (χ0) is 13.0. The molecule has 2 rings (SSSR count). The van der Waals surface area contributed by atoms with Gasteiger partial charge >= 0.3 is 0 Å². The fourth-order valence-electron chi connectivity index (χ4n) is 2.17. The van der Waals surface area contributed by atoms with Crippen LogP contribution in [-0.4, -0.2) is 22.5 Å². The molecule has 0 aromatic carbocycles. The Bertz CT molecular complexity index is 571. The van der Waals surface area contributed by atoms with Gasteiger partial charge < -0.3 is 4.90 Å². The van der Waals surface area contributed by atoms with Gasteiger partial charge in [-0.3, -0.25) is 9.20 Å². The lowest BCUT2D eigenvalue weighted by atomic mass is 10.3. The molecule has 4 heteroatoms. The van der Waals surface area contributed by atoms with Crippen molar-refractivity contribution in [1.29, 1.82) is 0 Å². The highest BCUT2D eigenvalue weighted by atomic mass is 16.1. The molecule has 0 saturated carbocycles. The minimum atomic E-state index is -0.173. The van der Waals surface area contributed by atoms with Gasteiger partial charge in [0.25, 0.3) is 5.56 Å². The SMILES string of the molecule is CCCN(CCC)c1cc(=O)nc2ccccn12. The second-order valence-corrected chi connectivity index (χ2v) is 4.37. The smallest absolute Gasteiger partial charge is 0.275 e. The first kappa shape index (κ1) is 12.6. The Morgan fingerprint density at radius 3 is 2.61 bits per heavy atom. The van der Waals surface area contributed by atoms with Crippen molar-refractivity contribution in [2.45, 2.75) is 26.7 Å². The van der Waals surface area contributed by atoms with Gasteiger partial charge in [-0.15, -0.1) is 0 Å². The molecule has 0 unspecified atom stereocenters.